The Balaban J connectivity index is 2.26. The van der Waals surface area contributed by atoms with Crippen LogP contribution in [0.25, 0.3) is 0 Å². The average molecular weight is 312 g/mol. The first kappa shape index (κ1) is 17.7. The first-order chi connectivity index (χ1) is 9.89. The summed E-state index contributed by atoms with van der Waals surface area (Å²) in [4.78, 5) is 11.5. The molecule has 0 aliphatic rings. The predicted molar refractivity (Wildman–Crippen MR) is 84.4 cm³/mol. The van der Waals surface area contributed by atoms with Crippen molar-refractivity contribution < 1.29 is 13.2 Å². The van der Waals surface area contributed by atoms with Crippen molar-refractivity contribution in [3.63, 3.8) is 0 Å². The molecule has 21 heavy (non-hydrogen) atoms. The largest absolute Gasteiger partial charge is 0.355 e. The highest BCUT2D eigenvalue weighted by atomic mass is 32.2. The van der Waals surface area contributed by atoms with E-state index in [9.17, 15) is 13.2 Å². The van der Waals surface area contributed by atoms with Crippen molar-refractivity contribution in [2.24, 2.45) is 5.92 Å². The summed E-state index contributed by atoms with van der Waals surface area (Å²) in [6.07, 6.45) is 1.24. The molecule has 1 aromatic carbocycles. The summed E-state index contributed by atoms with van der Waals surface area (Å²) in [5.41, 5.74) is 1.11. The number of sulfonamides is 1. The van der Waals surface area contributed by atoms with Crippen molar-refractivity contribution in [2.45, 2.75) is 26.7 Å². The molecule has 0 heterocycles. The lowest BCUT2D eigenvalue weighted by molar-refractivity contribution is -0.120. The van der Waals surface area contributed by atoms with E-state index < -0.39 is 10.0 Å². The Bertz CT molecular complexity index is 527. The summed E-state index contributed by atoms with van der Waals surface area (Å²) in [5, 5.41) is 2.67. The van der Waals surface area contributed by atoms with Gasteiger partial charge in [0.1, 0.15) is 0 Å². The molecule has 5 nitrogen and oxygen atoms in total. The molecule has 0 atom stereocenters. The minimum Gasteiger partial charge on any atom is -0.355 e. The number of carbonyl (C=O) groups excluding carboxylic acids is 1. The number of carbonyl (C=O) groups is 1. The number of hydrogen-bond donors (Lipinski definition) is 2. The minimum absolute atomic E-state index is 0.0271. The zero-order valence-corrected chi connectivity index (χ0v) is 13.4. The SMILES string of the molecule is CC(C)CNC(=O)CNS(=O)(=O)CCCc1ccccc1. The second-order valence-corrected chi connectivity index (χ2v) is 7.35. The van der Waals surface area contributed by atoms with Gasteiger partial charge in [-0.25, -0.2) is 13.1 Å². The van der Waals surface area contributed by atoms with Crippen molar-refractivity contribution in [2.75, 3.05) is 18.8 Å². The molecule has 0 fully saturated rings. The second-order valence-electron chi connectivity index (χ2n) is 5.43. The second kappa shape index (κ2) is 8.79. The molecule has 0 saturated heterocycles. The molecule has 1 amide bonds. The molecule has 1 rings (SSSR count). The third kappa shape index (κ3) is 8.47. The molecule has 0 bridgehead atoms. The van der Waals surface area contributed by atoms with E-state index in [1.807, 2.05) is 44.2 Å². The van der Waals surface area contributed by atoms with E-state index in [4.69, 9.17) is 0 Å². The molecule has 0 aliphatic carbocycles. The van der Waals surface area contributed by atoms with Crippen LogP contribution in [0.2, 0.25) is 0 Å². The molecule has 1 aromatic rings. The molecule has 118 valence electrons. The van der Waals surface area contributed by atoms with Gasteiger partial charge >= 0.3 is 0 Å². The van der Waals surface area contributed by atoms with Gasteiger partial charge in [-0.2, -0.15) is 0 Å². The van der Waals surface area contributed by atoms with Crippen LogP contribution in [0.4, 0.5) is 0 Å². The molecule has 0 aromatic heterocycles. The Morgan fingerprint density at radius 1 is 1.19 bits per heavy atom. The molecule has 0 spiro atoms. The summed E-state index contributed by atoms with van der Waals surface area (Å²) >= 11 is 0. The van der Waals surface area contributed by atoms with Gasteiger partial charge in [-0.1, -0.05) is 44.2 Å². The number of benzene rings is 1. The number of aryl methyl sites for hydroxylation is 1. The summed E-state index contributed by atoms with van der Waals surface area (Å²) in [6.45, 7) is 4.32. The van der Waals surface area contributed by atoms with Crippen LogP contribution in [0, 0.1) is 5.92 Å². The van der Waals surface area contributed by atoms with E-state index in [2.05, 4.69) is 10.0 Å². The summed E-state index contributed by atoms with van der Waals surface area (Å²) < 4.78 is 25.9. The van der Waals surface area contributed by atoms with Crippen LogP contribution >= 0.6 is 0 Å². The van der Waals surface area contributed by atoms with E-state index in [0.29, 0.717) is 25.3 Å². The van der Waals surface area contributed by atoms with Gasteiger partial charge in [0.2, 0.25) is 15.9 Å². The zero-order valence-electron chi connectivity index (χ0n) is 12.6. The van der Waals surface area contributed by atoms with Crippen LogP contribution in [0.1, 0.15) is 25.8 Å². The standard InChI is InChI=1S/C15H24N2O3S/c1-13(2)11-16-15(18)12-17-21(19,20)10-6-9-14-7-4-3-5-8-14/h3-5,7-8,13,17H,6,9-12H2,1-2H3,(H,16,18). The van der Waals surface area contributed by atoms with Gasteiger partial charge in [-0.15, -0.1) is 0 Å². The van der Waals surface area contributed by atoms with Crippen molar-refractivity contribution in [3.05, 3.63) is 35.9 Å². The predicted octanol–water partition coefficient (Wildman–Crippen LogP) is 1.31. The third-order valence-corrected chi connectivity index (χ3v) is 4.29. The van der Waals surface area contributed by atoms with Gasteiger partial charge in [0.05, 0.1) is 12.3 Å². The van der Waals surface area contributed by atoms with E-state index in [1.54, 1.807) is 0 Å². The maximum absolute atomic E-state index is 11.8. The Labute approximate surface area is 127 Å². The van der Waals surface area contributed by atoms with Gasteiger partial charge in [-0.3, -0.25) is 4.79 Å². The van der Waals surface area contributed by atoms with Crippen molar-refractivity contribution in [3.8, 4) is 0 Å². The Morgan fingerprint density at radius 3 is 2.48 bits per heavy atom. The fourth-order valence-corrected chi connectivity index (χ4v) is 2.76. The van der Waals surface area contributed by atoms with Crippen LogP contribution in [0.3, 0.4) is 0 Å². The Morgan fingerprint density at radius 2 is 1.86 bits per heavy atom. The fraction of sp³-hybridized carbons (Fsp3) is 0.533. The number of amides is 1. The molecule has 6 heteroatoms. The maximum atomic E-state index is 11.8. The van der Waals surface area contributed by atoms with Crippen LogP contribution in [0.15, 0.2) is 30.3 Å². The van der Waals surface area contributed by atoms with Crippen molar-refractivity contribution >= 4 is 15.9 Å². The van der Waals surface area contributed by atoms with Crippen molar-refractivity contribution in [1.82, 2.24) is 10.0 Å². The maximum Gasteiger partial charge on any atom is 0.235 e. The average Bonchev–Trinajstić information content (AvgIpc) is 2.44. The van der Waals surface area contributed by atoms with Crippen LogP contribution in [0.5, 0.6) is 0 Å². The first-order valence-electron chi connectivity index (χ1n) is 7.17. The Kier molecular flexibility index (Phi) is 7.39. The first-order valence-corrected chi connectivity index (χ1v) is 8.82. The molecular formula is C15H24N2O3S. The zero-order chi connectivity index (χ0) is 15.7. The fourth-order valence-electron chi connectivity index (χ4n) is 1.74. The van der Waals surface area contributed by atoms with Gasteiger partial charge in [0, 0.05) is 6.54 Å². The van der Waals surface area contributed by atoms with Gasteiger partial charge in [-0.05, 0) is 24.3 Å². The lowest BCUT2D eigenvalue weighted by atomic mass is 10.1. The lowest BCUT2D eigenvalue weighted by Gasteiger charge is -2.09. The van der Waals surface area contributed by atoms with E-state index in [0.717, 1.165) is 5.56 Å². The third-order valence-electron chi connectivity index (χ3n) is 2.88. The number of rotatable bonds is 9. The van der Waals surface area contributed by atoms with Gasteiger partial charge in [0.25, 0.3) is 0 Å². The summed E-state index contributed by atoms with van der Waals surface area (Å²) in [7, 11) is -3.40. The number of hydrogen-bond acceptors (Lipinski definition) is 3. The van der Waals surface area contributed by atoms with Crippen LogP contribution in [-0.4, -0.2) is 33.2 Å². The molecule has 0 unspecified atom stereocenters. The van der Waals surface area contributed by atoms with E-state index in [1.165, 1.54) is 0 Å². The molecule has 0 aliphatic heterocycles. The summed E-state index contributed by atoms with van der Waals surface area (Å²) in [5.74, 6) is 0.0751. The van der Waals surface area contributed by atoms with Crippen LogP contribution < -0.4 is 10.0 Å². The van der Waals surface area contributed by atoms with E-state index >= 15 is 0 Å². The highest BCUT2D eigenvalue weighted by molar-refractivity contribution is 7.89. The topological polar surface area (TPSA) is 75.3 Å². The van der Waals surface area contributed by atoms with Crippen molar-refractivity contribution in [1.29, 1.82) is 0 Å². The smallest absolute Gasteiger partial charge is 0.235 e. The molecule has 2 N–H and O–H groups in total. The molecule has 0 radical (unpaired) electrons. The monoisotopic (exact) mass is 312 g/mol. The highest BCUT2D eigenvalue weighted by Gasteiger charge is 2.12. The van der Waals surface area contributed by atoms with E-state index in [-0.39, 0.29) is 18.2 Å². The minimum atomic E-state index is -3.40. The van der Waals surface area contributed by atoms with Gasteiger partial charge < -0.3 is 5.32 Å². The lowest BCUT2D eigenvalue weighted by Crippen LogP contribution is -2.39. The molecule has 0 saturated carbocycles. The number of nitrogens with one attached hydrogen (secondary N) is 2. The van der Waals surface area contributed by atoms with Crippen LogP contribution in [-0.2, 0) is 21.2 Å². The summed E-state index contributed by atoms with van der Waals surface area (Å²) in [6, 6.07) is 9.73. The van der Waals surface area contributed by atoms with Gasteiger partial charge in [0.15, 0.2) is 0 Å². The normalized spacial score (nSPS) is 11.6. The molecular weight excluding hydrogens is 288 g/mol. The highest BCUT2D eigenvalue weighted by Crippen LogP contribution is 2.03. The Hall–Kier alpha value is -1.40. The quantitative estimate of drug-likeness (QED) is 0.722.